The zero-order chi connectivity index (χ0) is 28.6. The Kier molecular flexibility index (Phi) is 7.28. The summed E-state index contributed by atoms with van der Waals surface area (Å²) in [6, 6.07) is 17.6. The number of fused-ring (bicyclic) bond motifs is 1. The van der Waals surface area contributed by atoms with E-state index in [4.69, 9.17) is 4.98 Å². The molecular formula is C29H29N7O3S2. The van der Waals surface area contributed by atoms with Crippen LogP contribution >= 0.6 is 11.3 Å². The number of piperazine rings is 1. The highest BCUT2D eigenvalue weighted by molar-refractivity contribution is 7.90. The molecule has 0 atom stereocenters. The summed E-state index contributed by atoms with van der Waals surface area (Å²) in [6.45, 7) is 5.81. The fourth-order valence-corrected chi connectivity index (χ4v) is 7.08. The summed E-state index contributed by atoms with van der Waals surface area (Å²) in [5.74, 6) is 0.330. The molecule has 0 spiro atoms. The van der Waals surface area contributed by atoms with Crippen molar-refractivity contribution in [3.8, 4) is 11.1 Å². The molecule has 6 rings (SSSR count). The number of nitrogens with one attached hydrogen (secondary N) is 2. The van der Waals surface area contributed by atoms with Crippen LogP contribution in [-0.4, -0.2) is 60.4 Å². The number of pyridine rings is 1. The van der Waals surface area contributed by atoms with Crippen molar-refractivity contribution in [3.05, 3.63) is 87.1 Å². The Bertz CT molecular complexity index is 1890. The summed E-state index contributed by atoms with van der Waals surface area (Å²) in [5.41, 5.74) is 5.82. The topological polar surface area (TPSA) is 122 Å². The third-order valence-electron chi connectivity index (χ3n) is 7.12. The number of aryl methyl sites for hydroxylation is 1. The maximum Gasteiger partial charge on any atom is 0.260 e. The fraction of sp³-hybridized carbons (Fsp3) is 0.241. The van der Waals surface area contributed by atoms with Crippen LogP contribution in [0.15, 0.2) is 76.1 Å². The van der Waals surface area contributed by atoms with E-state index >= 15 is 0 Å². The van der Waals surface area contributed by atoms with Crippen molar-refractivity contribution < 1.29 is 8.42 Å². The molecule has 0 saturated carbocycles. The lowest BCUT2D eigenvalue weighted by atomic mass is 10.0. The van der Waals surface area contributed by atoms with E-state index in [-0.39, 0.29) is 17.1 Å². The van der Waals surface area contributed by atoms with Gasteiger partial charge in [-0.25, -0.2) is 18.4 Å². The van der Waals surface area contributed by atoms with Gasteiger partial charge in [0.05, 0.1) is 16.9 Å². The second-order valence-corrected chi connectivity index (χ2v) is 12.9. The van der Waals surface area contributed by atoms with Gasteiger partial charge in [0.15, 0.2) is 14.9 Å². The molecule has 0 aliphatic carbocycles. The Balaban J connectivity index is 1.42. The van der Waals surface area contributed by atoms with Gasteiger partial charge in [-0.15, -0.1) is 11.3 Å². The monoisotopic (exact) mass is 587 g/mol. The average Bonchev–Trinajstić information content (AvgIpc) is 3.45. The van der Waals surface area contributed by atoms with Crippen molar-refractivity contribution in [3.63, 3.8) is 0 Å². The number of benzene rings is 2. The van der Waals surface area contributed by atoms with Gasteiger partial charge in [0.1, 0.15) is 5.65 Å². The number of anilines is 3. The first-order valence-corrected chi connectivity index (χ1v) is 16.0. The summed E-state index contributed by atoms with van der Waals surface area (Å²) >= 11 is 1.20. The standard InChI is InChI=1S/C29H29N7O3S2/c1-19-5-3-4-6-23(19)24-15-20-16-31-29(33-21-7-9-22(10-8-21)35-13-11-30-12-14-35)34-26(20)36(28(24)37)17-25-27(32-18-40-25)41(2,38)39/h3-10,15-16,18,30H,11-14,17H2,1-2H3,(H,31,33,34). The third kappa shape index (κ3) is 5.58. The van der Waals surface area contributed by atoms with Gasteiger partial charge < -0.3 is 15.5 Å². The fourth-order valence-electron chi connectivity index (χ4n) is 5.05. The Labute approximate surface area is 241 Å². The van der Waals surface area contributed by atoms with Crippen LogP contribution in [0.5, 0.6) is 0 Å². The summed E-state index contributed by atoms with van der Waals surface area (Å²) in [6.07, 6.45) is 2.80. The van der Waals surface area contributed by atoms with Crippen LogP contribution in [0.4, 0.5) is 17.3 Å². The molecule has 0 bridgehead atoms. The minimum Gasteiger partial charge on any atom is -0.369 e. The van der Waals surface area contributed by atoms with Crippen LogP contribution in [0.3, 0.4) is 0 Å². The predicted octanol–water partition coefficient (Wildman–Crippen LogP) is 3.83. The van der Waals surface area contributed by atoms with Crippen LogP contribution in [-0.2, 0) is 16.4 Å². The number of sulfone groups is 1. The highest BCUT2D eigenvalue weighted by Gasteiger charge is 2.21. The Morgan fingerprint density at radius 3 is 2.51 bits per heavy atom. The lowest BCUT2D eigenvalue weighted by Crippen LogP contribution is -2.43. The molecule has 1 fully saturated rings. The molecule has 0 amide bonds. The Hall–Kier alpha value is -4.13. The predicted molar refractivity (Wildman–Crippen MR) is 163 cm³/mol. The molecule has 210 valence electrons. The van der Waals surface area contributed by atoms with Crippen LogP contribution < -0.4 is 21.1 Å². The number of nitrogens with zero attached hydrogens (tertiary/aromatic N) is 5. The molecule has 1 aliphatic rings. The molecule has 1 saturated heterocycles. The molecule has 2 N–H and O–H groups in total. The van der Waals surface area contributed by atoms with Crippen LogP contribution in [0, 0.1) is 6.92 Å². The van der Waals surface area contributed by atoms with Crippen molar-refractivity contribution in [1.82, 2.24) is 24.8 Å². The molecule has 4 heterocycles. The zero-order valence-corrected chi connectivity index (χ0v) is 24.3. The lowest BCUT2D eigenvalue weighted by molar-refractivity contribution is 0.589. The van der Waals surface area contributed by atoms with Gasteiger partial charge in [-0.2, -0.15) is 4.98 Å². The maximum atomic E-state index is 14.0. The summed E-state index contributed by atoms with van der Waals surface area (Å²) < 4.78 is 26.3. The van der Waals surface area contributed by atoms with Gasteiger partial charge >= 0.3 is 0 Å². The molecule has 10 nitrogen and oxygen atoms in total. The molecule has 12 heteroatoms. The summed E-state index contributed by atoms with van der Waals surface area (Å²) in [4.78, 5) is 30.1. The normalized spacial score (nSPS) is 14.0. The molecule has 0 radical (unpaired) electrons. The van der Waals surface area contributed by atoms with Crippen molar-refractivity contribution >= 4 is 49.5 Å². The minimum atomic E-state index is -3.57. The van der Waals surface area contributed by atoms with Crippen molar-refractivity contribution in [2.24, 2.45) is 0 Å². The van der Waals surface area contributed by atoms with Gasteiger partial charge in [0.25, 0.3) is 5.56 Å². The van der Waals surface area contributed by atoms with E-state index in [0.717, 1.165) is 54.9 Å². The van der Waals surface area contributed by atoms with Gasteiger partial charge in [-0.05, 0) is 48.4 Å². The van der Waals surface area contributed by atoms with Gasteiger partial charge in [0.2, 0.25) is 5.95 Å². The maximum absolute atomic E-state index is 14.0. The molecule has 2 aromatic carbocycles. The SMILES string of the molecule is Cc1ccccc1-c1cc2cnc(Nc3ccc(N4CCNCC4)cc3)nc2n(Cc2scnc2S(C)(=O)=O)c1=O. The number of thiazole rings is 1. The average molecular weight is 588 g/mol. The van der Waals surface area contributed by atoms with Crippen molar-refractivity contribution in [2.75, 3.05) is 42.7 Å². The van der Waals surface area contributed by atoms with E-state index in [1.807, 2.05) is 43.3 Å². The quantitative estimate of drug-likeness (QED) is 0.293. The van der Waals surface area contributed by atoms with E-state index in [2.05, 4.69) is 37.6 Å². The molecule has 5 aromatic rings. The number of rotatable bonds is 7. The van der Waals surface area contributed by atoms with Crippen molar-refractivity contribution in [2.45, 2.75) is 18.5 Å². The number of hydrogen-bond acceptors (Lipinski definition) is 10. The molecule has 3 aromatic heterocycles. The second kappa shape index (κ2) is 11.0. The highest BCUT2D eigenvalue weighted by atomic mass is 32.2. The van der Waals surface area contributed by atoms with E-state index < -0.39 is 9.84 Å². The van der Waals surface area contributed by atoms with E-state index in [0.29, 0.717) is 27.4 Å². The molecule has 0 unspecified atom stereocenters. The van der Waals surface area contributed by atoms with E-state index in [1.54, 1.807) is 12.3 Å². The molecular weight excluding hydrogens is 558 g/mol. The first kappa shape index (κ1) is 27.1. The van der Waals surface area contributed by atoms with Gasteiger partial charge in [-0.3, -0.25) is 9.36 Å². The summed E-state index contributed by atoms with van der Waals surface area (Å²) in [5, 5.41) is 7.25. The zero-order valence-electron chi connectivity index (χ0n) is 22.7. The van der Waals surface area contributed by atoms with E-state index in [9.17, 15) is 13.2 Å². The van der Waals surface area contributed by atoms with Crippen LogP contribution in [0.2, 0.25) is 0 Å². The van der Waals surface area contributed by atoms with Gasteiger partial charge in [-0.1, -0.05) is 24.3 Å². The number of hydrogen-bond donors (Lipinski definition) is 2. The first-order chi connectivity index (χ1) is 19.8. The number of aromatic nitrogens is 4. The Morgan fingerprint density at radius 1 is 1.02 bits per heavy atom. The Morgan fingerprint density at radius 2 is 1.78 bits per heavy atom. The highest BCUT2D eigenvalue weighted by Crippen LogP contribution is 2.27. The molecule has 1 aliphatic heterocycles. The molecule has 41 heavy (non-hydrogen) atoms. The van der Waals surface area contributed by atoms with Gasteiger partial charge in [0, 0.05) is 61.0 Å². The van der Waals surface area contributed by atoms with Crippen LogP contribution in [0.1, 0.15) is 10.4 Å². The minimum absolute atomic E-state index is 0.0119. The van der Waals surface area contributed by atoms with Crippen LogP contribution in [0.25, 0.3) is 22.2 Å². The first-order valence-electron chi connectivity index (χ1n) is 13.2. The smallest absolute Gasteiger partial charge is 0.260 e. The third-order valence-corrected chi connectivity index (χ3v) is 9.13. The van der Waals surface area contributed by atoms with E-state index in [1.165, 1.54) is 21.4 Å². The second-order valence-electron chi connectivity index (χ2n) is 10.00. The lowest BCUT2D eigenvalue weighted by Gasteiger charge is -2.29. The summed E-state index contributed by atoms with van der Waals surface area (Å²) in [7, 11) is -3.57. The largest absolute Gasteiger partial charge is 0.369 e. The van der Waals surface area contributed by atoms with Crippen molar-refractivity contribution in [1.29, 1.82) is 0 Å².